The van der Waals surface area contributed by atoms with Gasteiger partial charge in [-0.15, -0.1) is 5.10 Å². The summed E-state index contributed by atoms with van der Waals surface area (Å²) < 4.78 is 5.09. The number of amides is 2. The van der Waals surface area contributed by atoms with E-state index in [0.717, 1.165) is 5.56 Å². The van der Waals surface area contributed by atoms with E-state index >= 15 is 0 Å². The van der Waals surface area contributed by atoms with Gasteiger partial charge in [-0.1, -0.05) is 35.4 Å². The van der Waals surface area contributed by atoms with Crippen LogP contribution < -0.4 is 10.2 Å². The number of H-pyrrole nitrogens is 1. The topological polar surface area (TPSA) is 113 Å². The molecule has 2 amide bonds. The summed E-state index contributed by atoms with van der Waals surface area (Å²) in [6, 6.07) is 8.37. The minimum atomic E-state index is -0.651. The number of benzene rings is 1. The van der Waals surface area contributed by atoms with Gasteiger partial charge in [-0.25, -0.2) is 4.79 Å². The van der Waals surface area contributed by atoms with Gasteiger partial charge in [-0.2, -0.15) is 5.21 Å². The highest BCUT2D eigenvalue weighted by Gasteiger charge is 2.48. The maximum absolute atomic E-state index is 12.0. The Balaban J connectivity index is 1.51. The summed E-state index contributed by atoms with van der Waals surface area (Å²) in [5.41, 5.74) is 0.874. The van der Waals surface area contributed by atoms with Crippen LogP contribution in [0.2, 0.25) is 0 Å². The number of tetrazole rings is 1. The number of hydrogen-bond donors (Lipinski definition) is 2. The maximum atomic E-state index is 12.0. The summed E-state index contributed by atoms with van der Waals surface area (Å²) in [7, 11) is 0. The molecule has 9 nitrogen and oxygen atoms in total. The summed E-state index contributed by atoms with van der Waals surface area (Å²) in [6.45, 7) is 1.93. The van der Waals surface area contributed by atoms with Gasteiger partial charge in [0.05, 0.1) is 6.04 Å². The molecule has 0 aliphatic carbocycles. The second-order valence-electron chi connectivity index (χ2n) is 4.84. The molecular weight excluding hydrogens is 288 g/mol. The van der Waals surface area contributed by atoms with Gasteiger partial charge >= 0.3 is 6.09 Å². The lowest BCUT2D eigenvalue weighted by molar-refractivity contribution is -0.126. The second-order valence-corrected chi connectivity index (χ2v) is 4.84. The summed E-state index contributed by atoms with van der Waals surface area (Å²) in [5, 5.41) is 15.7. The fourth-order valence-electron chi connectivity index (χ4n) is 2.24. The molecule has 2 heterocycles. The van der Waals surface area contributed by atoms with E-state index in [9.17, 15) is 9.59 Å². The summed E-state index contributed by atoms with van der Waals surface area (Å²) >= 11 is 0. The van der Waals surface area contributed by atoms with Crippen molar-refractivity contribution in [3.8, 4) is 0 Å². The van der Waals surface area contributed by atoms with Crippen LogP contribution in [0.4, 0.5) is 10.7 Å². The van der Waals surface area contributed by atoms with E-state index in [1.165, 1.54) is 4.90 Å². The standard InChI is InChI=1S/C13H14N6O3/c1-8-10(11(20)19(8)12-15-17-18-16-12)14-13(21)22-7-9-5-3-2-4-6-9/h2-6,8,10H,7H2,1H3,(H,14,21)(H,15,16,17,18)/t8-,10+/m1/s1. The zero-order chi connectivity index (χ0) is 15.5. The van der Waals surface area contributed by atoms with Crippen molar-refractivity contribution in [2.24, 2.45) is 0 Å². The van der Waals surface area contributed by atoms with Crippen molar-refractivity contribution in [3.05, 3.63) is 35.9 Å². The molecule has 22 heavy (non-hydrogen) atoms. The molecule has 2 atom stereocenters. The number of rotatable bonds is 4. The quantitative estimate of drug-likeness (QED) is 0.782. The first-order valence-electron chi connectivity index (χ1n) is 6.70. The molecule has 1 aliphatic rings. The smallest absolute Gasteiger partial charge is 0.408 e. The van der Waals surface area contributed by atoms with Crippen LogP contribution in [0.15, 0.2) is 30.3 Å². The molecule has 0 saturated carbocycles. The van der Waals surface area contributed by atoms with Gasteiger partial charge in [0, 0.05) is 0 Å². The summed E-state index contributed by atoms with van der Waals surface area (Å²) in [6.07, 6.45) is -0.637. The number of aromatic amines is 1. The predicted octanol–water partition coefficient (Wildman–Crippen LogP) is 0.230. The van der Waals surface area contributed by atoms with E-state index < -0.39 is 12.1 Å². The highest BCUT2D eigenvalue weighted by Crippen LogP contribution is 2.23. The van der Waals surface area contributed by atoms with Gasteiger partial charge in [-0.3, -0.25) is 9.69 Å². The van der Waals surface area contributed by atoms with Crippen LogP contribution in [0, 0.1) is 0 Å². The highest BCUT2D eigenvalue weighted by atomic mass is 16.5. The average Bonchev–Trinajstić information content (AvgIpc) is 3.05. The van der Waals surface area contributed by atoms with Gasteiger partial charge in [-0.05, 0) is 17.7 Å². The number of alkyl carbamates (subject to hydrolysis) is 1. The first-order chi connectivity index (χ1) is 10.7. The van der Waals surface area contributed by atoms with Crippen molar-refractivity contribution in [3.63, 3.8) is 0 Å². The Bertz CT molecular complexity index is 660. The van der Waals surface area contributed by atoms with E-state index in [1.54, 1.807) is 6.92 Å². The number of aromatic nitrogens is 4. The van der Waals surface area contributed by atoms with Crippen LogP contribution in [0.1, 0.15) is 12.5 Å². The molecule has 2 aromatic rings. The SMILES string of the molecule is C[C@@H]1[C@H](NC(=O)OCc2ccccc2)C(=O)N1c1nn[nH]n1. The largest absolute Gasteiger partial charge is 0.445 e. The first-order valence-corrected chi connectivity index (χ1v) is 6.70. The molecule has 1 aliphatic heterocycles. The van der Waals surface area contributed by atoms with Crippen molar-refractivity contribution < 1.29 is 14.3 Å². The van der Waals surface area contributed by atoms with Gasteiger partial charge in [0.15, 0.2) is 0 Å². The minimum Gasteiger partial charge on any atom is -0.445 e. The third-order valence-corrected chi connectivity index (χ3v) is 3.43. The molecule has 3 rings (SSSR count). The summed E-state index contributed by atoms with van der Waals surface area (Å²) in [4.78, 5) is 25.1. The molecule has 1 aromatic heterocycles. The van der Waals surface area contributed by atoms with Crippen LogP contribution in [-0.2, 0) is 16.1 Å². The minimum absolute atomic E-state index is 0.149. The molecule has 0 radical (unpaired) electrons. The Labute approximate surface area is 125 Å². The van der Waals surface area contributed by atoms with Gasteiger partial charge in [0.1, 0.15) is 12.6 Å². The van der Waals surface area contributed by atoms with E-state index in [4.69, 9.17) is 4.74 Å². The van der Waals surface area contributed by atoms with Crippen molar-refractivity contribution >= 4 is 17.9 Å². The molecule has 0 spiro atoms. The normalized spacial score (nSPS) is 20.4. The Morgan fingerprint density at radius 3 is 2.82 bits per heavy atom. The highest BCUT2D eigenvalue weighted by molar-refractivity contribution is 6.05. The van der Waals surface area contributed by atoms with Gasteiger partial charge < -0.3 is 10.1 Å². The number of anilines is 1. The molecule has 9 heteroatoms. The fraction of sp³-hybridized carbons (Fsp3) is 0.308. The number of hydrogen-bond acceptors (Lipinski definition) is 6. The van der Waals surface area contributed by atoms with Gasteiger partial charge in [0.2, 0.25) is 0 Å². The molecule has 0 bridgehead atoms. The number of ether oxygens (including phenoxy) is 1. The Morgan fingerprint density at radius 2 is 2.18 bits per heavy atom. The third-order valence-electron chi connectivity index (χ3n) is 3.43. The van der Waals surface area contributed by atoms with Crippen LogP contribution in [0.3, 0.4) is 0 Å². The lowest BCUT2D eigenvalue weighted by Gasteiger charge is -2.42. The molecule has 0 unspecified atom stereocenters. The van der Waals surface area contributed by atoms with Crippen molar-refractivity contribution in [2.45, 2.75) is 25.6 Å². The third kappa shape index (κ3) is 2.60. The monoisotopic (exact) mass is 302 g/mol. The van der Waals surface area contributed by atoms with E-state index in [-0.39, 0.29) is 24.5 Å². The zero-order valence-corrected chi connectivity index (χ0v) is 11.8. The van der Waals surface area contributed by atoms with Crippen molar-refractivity contribution in [1.82, 2.24) is 25.9 Å². The fourth-order valence-corrected chi connectivity index (χ4v) is 2.24. The van der Waals surface area contributed by atoms with Crippen LogP contribution >= 0.6 is 0 Å². The van der Waals surface area contributed by atoms with Crippen LogP contribution in [0.5, 0.6) is 0 Å². The van der Waals surface area contributed by atoms with E-state index in [1.807, 2.05) is 30.3 Å². The second kappa shape index (κ2) is 5.80. The van der Waals surface area contributed by atoms with Crippen molar-refractivity contribution in [1.29, 1.82) is 0 Å². The van der Waals surface area contributed by atoms with Gasteiger partial charge in [0.25, 0.3) is 11.9 Å². The average molecular weight is 302 g/mol. The number of nitrogens with zero attached hydrogens (tertiary/aromatic N) is 4. The Morgan fingerprint density at radius 1 is 1.41 bits per heavy atom. The lowest BCUT2D eigenvalue weighted by atomic mass is 9.98. The molecule has 1 fully saturated rings. The predicted molar refractivity (Wildman–Crippen MR) is 74.7 cm³/mol. The van der Waals surface area contributed by atoms with E-state index in [0.29, 0.717) is 0 Å². The molecule has 1 saturated heterocycles. The number of β-lactam (4-membered cyclic amide) rings is 1. The van der Waals surface area contributed by atoms with E-state index in [2.05, 4.69) is 25.9 Å². The lowest BCUT2D eigenvalue weighted by Crippen LogP contribution is -2.70. The summed E-state index contributed by atoms with van der Waals surface area (Å²) in [5.74, 6) is -0.112. The molecule has 2 N–H and O–H groups in total. The Hall–Kier alpha value is -2.97. The number of carbonyl (C=O) groups is 2. The Kier molecular flexibility index (Phi) is 3.69. The maximum Gasteiger partial charge on any atom is 0.408 e. The number of carbonyl (C=O) groups excluding carboxylic acids is 2. The van der Waals surface area contributed by atoms with Crippen LogP contribution in [0.25, 0.3) is 0 Å². The van der Waals surface area contributed by atoms with Crippen molar-refractivity contribution in [2.75, 3.05) is 4.90 Å². The molecule has 1 aromatic carbocycles. The first kappa shape index (κ1) is 14.0. The van der Waals surface area contributed by atoms with Crippen LogP contribution in [-0.4, -0.2) is 44.7 Å². The molecule has 114 valence electrons. The zero-order valence-electron chi connectivity index (χ0n) is 11.8. The molecular formula is C13H14N6O3. The number of nitrogens with one attached hydrogen (secondary N) is 2.